The molecule has 0 spiro atoms. The third-order valence-electron chi connectivity index (χ3n) is 3.29. The Bertz CT molecular complexity index is 188. The van der Waals surface area contributed by atoms with Gasteiger partial charge in [-0.05, 0) is 26.2 Å². The van der Waals surface area contributed by atoms with Gasteiger partial charge >= 0.3 is 0 Å². The van der Waals surface area contributed by atoms with E-state index in [2.05, 4.69) is 18.7 Å². The minimum atomic E-state index is 0.611. The van der Waals surface area contributed by atoms with E-state index in [-0.39, 0.29) is 0 Å². The Hall–Kier alpha value is -0.150. The lowest BCUT2D eigenvalue weighted by atomic mass is 10.1. The Labute approximate surface area is 92.8 Å². The lowest BCUT2D eigenvalue weighted by molar-refractivity contribution is 0.166. The van der Waals surface area contributed by atoms with Gasteiger partial charge in [0.2, 0.25) is 0 Å². The van der Waals surface area contributed by atoms with Gasteiger partial charge in [0, 0.05) is 18.6 Å². The first-order chi connectivity index (χ1) is 6.65. The van der Waals surface area contributed by atoms with Crippen molar-refractivity contribution in [3.8, 4) is 0 Å². The summed E-state index contributed by atoms with van der Waals surface area (Å²) in [5.74, 6) is 0. The third kappa shape index (κ3) is 3.21. The molecule has 0 aliphatic heterocycles. The van der Waals surface area contributed by atoms with Gasteiger partial charge in [-0.1, -0.05) is 32.0 Å². The zero-order valence-corrected chi connectivity index (χ0v) is 10.1. The summed E-state index contributed by atoms with van der Waals surface area (Å²) in [5, 5.41) is 0. The van der Waals surface area contributed by atoms with E-state index in [0.717, 1.165) is 12.6 Å². The molecule has 2 N–H and O–H groups in total. The minimum absolute atomic E-state index is 0.611. The van der Waals surface area contributed by atoms with Crippen LogP contribution in [0, 0.1) is 0 Å². The number of nitrogens with zero attached hydrogens (tertiary/aromatic N) is 1. The van der Waals surface area contributed by atoms with Crippen molar-refractivity contribution in [2.45, 2.75) is 58.0 Å². The van der Waals surface area contributed by atoms with E-state index in [1.807, 2.05) is 0 Å². The summed E-state index contributed by atoms with van der Waals surface area (Å²) < 4.78 is 0. The molecular formula is C11H22N2S. The predicted octanol–water partition coefficient (Wildman–Crippen LogP) is 2.32. The SMILES string of the molecule is CCC(C)N(CC(N)=S)C1CCCC1. The highest BCUT2D eigenvalue weighted by molar-refractivity contribution is 7.80. The number of thiocarbonyl (C=S) groups is 1. The molecule has 82 valence electrons. The molecule has 0 bridgehead atoms. The van der Waals surface area contributed by atoms with E-state index < -0.39 is 0 Å². The Morgan fingerprint density at radius 3 is 2.50 bits per heavy atom. The van der Waals surface area contributed by atoms with Crippen LogP contribution in [-0.4, -0.2) is 28.5 Å². The van der Waals surface area contributed by atoms with E-state index in [4.69, 9.17) is 18.0 Å². The van der Waals surface area contributed by atoms with E-state index in [9.17, 15) is 0 Å². The van der Waals surface area contributed by atoms with E-state index in [1.54, 1.807) is 0 Å². The highest BCUT2D eigenvalue weighted by atomic mass is 32.1. The lowest BCUT2D eigenvalue weighted by Gasteiger charge is -2.33. The molecule has 1 aliphatic rings. The van der Waals surface area contributed by atoms with Crippen molar-refractivity contribution in [2.24, 2.45) is 5.73 Å². The van der Waals surface area contributed by atoms with Crippen molar-refractivity contribution in [3.63, 3.8) is 0 Å². The van der Waals surface area contributed by atoms with Crippen LogP contribution < -0.4 is 5.73 Å². The van der Waals surface area contributed by atoms with Crippen molar-refractivity contribution in [1.29, 1.82) is 0 Å². The fourth-order valence-corrected chi connectivity index (χ4v) is 2.44. The maximum Gasteiger partial charge on any atom is 0.0870 e. The average Bonchev–Trinajstić information content (AvgIpc) is 2.65. The van der Waals surface area contributed by atoms with Gasteiger partial charge in [0.1, 0.15) is 0 Å². The van der Waals surface area contributed by atoms with Crippen molar-refractivity contribution in [3.05, 3.63) is 0 Å². The maximum absolute atomic E-state index is 5.64. The van der Waals surface area contributed by atoms with Crippen molar-refractivity contribution < 1.29 is 0 Å². The number of nitrogens with two attached hydrogens (primary N) is 1. The molecule has 0 radical (unpaired) electrons. The van der Waals surface area contributed by atoms with Crippen LogP contribution in [0.5, 0.6) is 0 Å². The first kappa shape index (κ1) is 11.9. The van der Waals surface area contributed by atoms with E-state index in [0.29, 0.717) is 11.0 Å². The fraction of sp³-hybridized carbons (Fsp3) is 0.909. The summed E-state index contributed by atoms with van der Waals surface area (Å²) in [6, 6.07) is 1.34. The van der Waals surface area contributed by atoms with Crippen molar-refractivity contribution in [1.82, 2.24) is 4.90 Å². The van der Waals surface area contributed by atoms with Crippen molar-refractivity contribution in [2.75, 3.05) is 6.54 Å². The largest absolute Gasteiger partial charge is 0.392 e. The monoisotopic (exact) mass is 214 g/mol. The van der Waals surface area contributed by atoms with Crippen LogP contribution in [0.4, 0.5) is 0 Å². The second-order valence-corrected chi connectivity index (χ2v) is 4.86. The molecule has 1 fully saturated rings. The molecule has 3 heteroatoms. The van der Waals surface area contributed by atoms with Crippen LogP contribution >= 0.6 is 12.2 Å². The third-order valence-corrected chi connectivity index (χ3v) is 3.42. The molecule has 0 aromatic carbocycles. The van der Waals surface area contributed by atoms with Crippen LogP contribution in [0.2, 0.25) is 0 Å². The summed E-state index contributed by atoms with van der Waals surface area (Å²) in [7, 11) is 0. The van der Waals surface area contributed by atoms with Gasteiger partial charge in [0.05, 0.1) is 4.99 Å². The Morgan fingerprint density at radius 2 is 2.07 bits per heavy atom. The molecule has 1 rings (SSSR count). The molecule has 0 heterocycles. The second-order valence-electron chi connectivity index (χ2n) is 4.33. The van der Waals surface area contributed by atoms with Crippen molar-refractivity contribution >= 4 is 17.2 Å². The summed E-state index contributed by atoms with van der Waals surface area (Å²) >= 11 is 5.01. The molecule has 0 aromatic rings. The molecule has 0 aromatic heterocycles. The molecule has 0 saturated heterocycles. The molecule has 1 atom stereocenters. The normalized spacial score (nSPS) is 20.2. The van der Waals surface area contributed by atoms with Gasteiger partial charge in [-0.2, -0.15) is 0 Å². The lowest BCUT2D eigenvalue weighted by Crippen LogP contribution is -2.44. The molecular weight excluding hydrogens is 192 g/mol. The first-order valence-electron chi connectivity index (χ1n) is 5.69. The maximum atomic E-state index is 5.64. The van der Waals surface area contributed by atoms with Crippen LogP contribution in [0.25, 0.3) is 0 Å². The number of hydrogen-bond acceptors (Lipinski definition) is 2. The smallest absolute Gasteiger partial charge is 0.0870 e. The average molecular weight is 214 g/mol. The Morgan fingerprint density at radius 1 is 1.50 bits per heavy atom. The molecule has 14 heavy (non-hydrogen) atoms. The molecule has 1 saturated carbocycles. The Kier molecular flexibility index (Phi) is 4.82. The van der Waals surface area contributed by atoms with Gasteiger partial charge in [-0.3, -0.25) is 4.90 Å². The highest BCUT2D eigenvalue weighted by Gasteiger charge is 2.25. The van der Waals surface area contributed by atoms with E-state index >= 15 is 0 Å². The van der Waals surface area contributed by atoms with Crippen LogP contribution in [0.15, 0.2) is 0 Å². The van der Waals surface area contributed by atoms with Crippen LogP contribution in [0.1, 0.15) is 46.0 Å². The van der Waals surface area contributed by atoms with Gasteiger partial charge < -0.3 is 5.73 Å². The highest BCUT2D eigenvalue weighted by Crippen LogP contribution is 2.25. The molecule has 1 unspecified atom stereocenters. The van der Waals surface area contributed by atoms with Crippen LogP contribution in [0.3, 0.4) is 0 Å². The first-order valence-corrected chi connectivity index (χ1v) is 6.10. The molecule has 2 nitrogen and oxygen atoms in total. The fourth-order valence-electron chi connectivity index (χ4n) is 2.30. The zero-order valence-electron chi connectivity index (χ0n) is 9.33. The predicted molar refractivity (Wildman–Crippen MR) is 65.5 cm³/mol. The van der Waals surface area contributed by atoms with E-state index in [1.165, 1.54) is 32.1 Å². The Balaban J connectivity index is 2.54. The quantitative estimate of drug-likeness (QED) is 0.712. The second kappa shape index (κ2) is 5.66. The standard InChI is InChI=1S/C11H22N2S/c1-3-9(2)13(8-11(12)14)10-6-4-5-7-10/h9-10H,3-8H2,1-2H3,(H2,12,14). The summed E-state index contributed by atoms with van der Waals surface area (Å²) in [5.41, 5.74) is 5.64. The van der Waals surface area contributed by atoms with Gasteiger partial charge in [-0.25, -0.2) is 0 Å². The molecule has 0 amide bonds. The van der Waals surface area contributed by atoms with Gasteiger partial charge in [-0.15, -0.1) is 0 Å². The van der Waals surface area contributed by atoms with Gasteiger partial charge in [0.15, 0.2) is 0 Å². The number of rotatable bonds is 5. The van der Waals surface area contributed by atoms with Gasteiger partial charge in [0.25, 0.3) is 0 Å². The zero-order chi connectivity index (χ0) is 10.6. The summed E-state index contributed by atoms with van der Waals surface area (Å²) in [6.45, 7) is 5.30. The number of hydrogen-bond donors (Lipinski definition) is 1. The topological polar surface area (TPSA) is 29.3 Å². The van der Waals surface area contributed by atoms with Crippen LogP contribution in [-0.2, 0) is 0 Å². The minimum Gasteiger partial charge on any atom is -0.392 e. The molecule has 1 aliphatic carbocycles. The summed E-state index contributed by atoms with van der Waals surface area (Å²) in [4.78, 5) is 3.13. The summed E-state index contributed by atoms with van der Waals surface area (Å²) in [6.07, 6.45) is 6.57.